The molecule has 1 fully saturated rings. The number of benzene rings is 1. The van der Waals surface area contributed by atoms with E-state index >= 15 is 0 Å². The minimum atomic E-state index is -0.445. The summed E-state index contributed by atoms with van der Waals surface area (Å²) in [7, 11) is 1.60. The van der Waals surface area contributed by atoms with Crippen LogP contribution in [-0.4, -0.2) is 49.0 Å². The lowest BCUT2D eigenvalue weighted by Gasteiger charge is -2.23. The topological polar surface area (TPSA) is 32.7 Å². The molecule has 3 atom stereocenters. The molecule has 3 unspecified atom stereocenters. The average Bonchev–Trinajstić information content (AvgIpc) is 2.72. The molecule has 0 aliphatic carbocycles. The maximum Gasteiger partial charge on any atom is 0.123 e. The molecule has 4 heteroatoms. The molecular formula is C15H22FNO2. The zero-order valence-corrected chi connectivity index (χ0v) is 11.6. The van der Waals surface area contributed by atoms with Gasteiger partial charge in [-0.3, -0.25) is 4.90 Å². The molecular weight excluding hydrogens is 245 g/mol. The van der Waals surface area contributed by atoms with E-state index in [1.165, 1.54) is 17.7 Å². The third-order valence-electron chi connectivity index (χ3n) is 3.85. The van der Waals surface area contributed by atoms with Gasteiger partial charge in [-0.1, -0.05) is 12.1 Å². The van der Waals surface area contributed by atoms with Crippen LogP contribution in [0.25, 0.3) is 0 Å². The van der Waals surface area contributed by atoms with Gasteiger partial charge in [0, 0.05) is 26.2 Å². The Morgan fingerprint density at radius 3 is 2.74 bits per heavy atom. The Balaban J connectivity index is 1.95. The van der Waals surface area contributed by atoms with Gasteiger partial charge in [-0.25, -0.2) is 4.39 Å². The summed E-state index contributed by atoms with van der Waals surface area (Å²) in [4.78, 5) is 2.28. The molecule has 2 rings (SSSR count). The van der Waals surface area contributed by atoms with E-state index in [-0.39, 0.29) is 5.82 Å². The Bertz CT molecular complexity index is 396. The number of halogens is 1. The van der Waals surface area contributed by atoms with Gasteiger partial charge in [0.1, 0.15) is 5.82 Å². The number of β-amino-alcohol motifs (C(OH)–C–C–N with tert-alkyl or cyclic N) is 1. The van der Waals surface area contributed by atoms with E-state index in [1.54, 1.807) is 7.11 Å². The van der Waals surface area contributed by atoms with E-state index in [1.807, 2.05) is 12.1 Å². The third-order valence-corrected chi connectivity index (χ3v) is 3.85. The van der Waals surface area contributed by atoms with Gasteiger partial charge in [0.15, 0.2) is 0 Å². The SMILES string of the molecule is COCC(O)CN1CC(c2ccc(F)cc2)CC1C. The van der Waals surface area contributed by atoms with Crippen LogP contribution < -0.4 is 0 Å². The highest BCUT2D eigenvalue weighted by Crippen LogP contribution is 2.31. The van der Waals surface area contributed by atoms with Crippen molar-refractivity contribution in [1.82, 2.24) is 4.90 Å². The van der Waals surface area contributed by atoms with E-state index in [9.17, 15) is 9.50 Å². The van der Waals surface area contributed by atoms with Crippen molar-refractivity contribution >= 4 is 0 Å². The standard InChI is InChI=1S/C15H22FNO2/c1-11-7-13(12-3-5-14(16)6-4-12)8-17(11)9-15(18)10-19-2/h3-6,11,13,15,18H,7-10H2,1-2H3. The molecule has 1 aromatic carbocycles. The number of aliphatic hydroxyl groups excluding tert-OH is 1. The van der Waals surface area contributed by atoms with E-state index in [0.717, 1.165) is 13.0 Å². The van der Waals surface area contributed by atoms with Crippen molar-refractivity contribution in [2.75, 3.05) is 26.8 Å². The van der Waals surface area contributed by atoms with Crippen LogP contribution in [0.3, 0.4) is 0 Å². The van der Waals surface area contributed by atoms with Crippen LogP contribution in [0.5, 0.6) is 0 Å². The van der Waals surface area contributed by atoms with E-state index < -0.39 is 6.10 Å². The second-order valence-corrected chi connectivity index (χ2v) is 5.40. The van der Waals surface area contributed by atoms with E-state index in [0.29, 0.717) is 25.1 Å². The first-order valence-electron chi connectivity index (χ1n) is 6.76. The zero-order valence-electron chi connectivity index (χ0n) is 11.6. The second-order valence-electron chi connectivity index (χ2n) is 5.40. The molecule has 1 aromatic rings. The first-order valence-corrected chi connectivity index (χ1v) is 6.76. The predicted octanol–water partition coefficient (Wildman–Crippen LogP) is 2.01. The summed E-state index contributed by atoms with van der Waals surface area (Å²) in [5, 5.41) is 9.80. The van der Waals surface area contributed by atoms with Gasteiger partial charge >= 0.3 is 0 Å². The second kappa shape index (κ2) is 6.46. The summed E-state index contributed by atoms with van der Waals surface area (Å²) in [6.45, 7) is 4.08. The minimum absolute atomic E-state index is 0.192. The molecule has 0 bridgehead atoms. The molecule has 1 saturated heterocycles. The molecule has 0 radical (unpaired) electrons. The van der Waals surface area contributed by atoms with Gasteiger partial charge in [0.2, 0.25) is 0 Å². The lowest BCUT2D eigenvalue weighted by molar-refractivity contribution is 0.0360. The van der Waals surface area contributed by atoms with Crippen LogP contribution >= 0.6 is 0 Å². The van der Waals surface area contributed by atoms with E-state index in [4.69, 9.17) is 4.74 Å². The summed E-state index contributed by atoms with van der Waals surface area (Å²) in [5.41, 5.74) is 1.18. The van der Waals surface area contributed by atoms with Crippen molar-refractivity contribution in [3.8, 4) is 0 Å². The highest BCUT2D eigenvalue weighted by molar-refractivity contribution is 5.22. The fraction of sp³-hybridized carbons (Fsp3) is 0.600. The average molecular weight is 267 g/mol. The highest BCUT2D eigenvalue weighted by Gasteiger charge is 2.30. The summed E-state index contributed by atoms with van der Waals surface area (Å²) < 4.78 is 17.9. The maximum absolute atomic E-state index is 12.9. The quantitative estimate of drug-likeness (QED) is 0.886. The summed E-state index contributed by atoms with van der Waals surface area (Å²) >= 11 is 0. The number of ether oxygens (including phenoxy) is 1. The van der Waals surface area contributed by atoms with Gasteiger partial charge < -0.3 is 9.84 Å². The highest BCUT2D eigenvalue weighted by atomic mass is 19.1. The number of aliphatic hydroxyl groups is 1. The lowest BCUT2D eigenvalue weighted by Crippen LogP contribution is -2.36. The first-order chi connectivity index (χ1) is 9.10. The number of rotatable bonds is 5. The number of nitrogens with zero attached hydrogens (tertiary/aromatic N) is 1. The Kier molecular flexibility index (Phi) is 4.91. The Morgan fingerprint density at radius 2 is 2.11 bits per heavy atom. The molecule has 0 aromatic heterocycles. The van der Waals surface area contributed by atoms with Crippen molar-refractivity contribution in [3.05, 3.63) is 35.6 Å². The van der Waals surface area contributed by atoms with Crippen molar-refractivity contribution in [3.63, 3.8) is 0 Å². The summed E-state index contributed by atoms with van der Waals surface area (Å²) in [6.07, 6.45) is 0.602. The zero-order chi connectivity index (χ0) is 13.8. The fourth-order valence-corrected chi connectivity index (χ4v) is 2.85. The van der Waals surface area contributed by atoms with Crippen LogP contribution in [0.4, 0.5) is 4.39 Å². The molecule has 1 aliphatic rings. The van der Waals surface area contributed by atoms with Crippen molar-refractivity contribution in [2.24, 2.45) is 0 Å². The molecule has 1 heterocycles. The molecule has 0 amide bonds. The summed E-state index contributed by atoms with van der Waals surface area (Å²) in [5.74, 6) is 0.229. The number of likely N-dealkylation sites (tertiary alicyclic amines) is 1. The van der Waals surface area contributed by atoms with Crippen LogP contribution in [0, 0.1) is 5.82 Å². The van der Waals surface area contributed by atoms with E-state index in [2.05, 4.69) is 11.8 Å². The predicted molar refractivity (Wildman–Crippen MR) is 72.7 cm³/mol. The van der Waals surface area contributed by atoms with Crippen molar-refractivity contribution < 1.29 is 14.2 Å². The largest absolute Gasteiger partial charge is 0.389 e. The minimum Gasteiger partial charge on any atom is -0.389 e. The molecule has 0 saturated carbocycles. The summed E-state index contributed by atoms with van der Waals surface area (Å²) in [6, 6.07) is 7.19. The van der Waals surface area contributed by atoms with Gasteiger partial charge in [0.05, 0.1) is 12.7 Å². The monoisotopic (exact) mass is 267 g/mol. The fourth-order valence-electron chi connectivity index (χ4n) is 2.85. The van der Waals surface area contributed by atoms with Gasteiger partial charge in [0.25, 0.3) is 0 Å². The third kappa shape index (κ3) is 3.75. The van der Waals surface area contributed by atoms with Gasteiger partial charge in [-0.2, -0.15) is 0 Å². The molecule has 1 N–H and O–H groups in total. The number of methoxy groups -OCH3 is 1. The molecule has 0 spiro atoms. The molecule has 1 aliphatic heterocycles. The van der Waals surface area contributed by atoms with Gasteiger partial charge in [-0.05, 0) is 37.0 Å². The molecule has 106 valence electrons. The van der Waals surface area contributed by atoms with Gasteiger partial charge in [-0.15, -0.1) is 0 Å². The Morgan fingerprint density at radius 1 is 1.42 bits per heavy atom. The smallest absolute Gasteiger partial charge is 0.123 e. The number of hydrogen-bond acceptors (Lipinski definition) is 3. The lowest BCUT2D eigenvalue weighted by atomic mass is 9.97. The molecule has 19 heavy (non-hydrogen) atoms. The Hall–Kier alpha value is -0.970. The van der Waals surface area contributed by atoms with Crippen LogP contribution in [0.2, 0.25) is 0 Å². The number of hydrogen-bond donors (Lipinski definition) is 1. The van der Waals surface area contributed by atoms with Crippen molar-refractivity contribution in [2.45, 2.75) is 31.4 Å². The van der Waals surface area contributed by atoms with Crippen LogP contribution in [0.1, 0.15) is 24.8 Å². The van der Waals surface area contributed by atoms with Crippen LogP contribution in [-0.2, 0) is 4.74 Å². The maximum atomic E-state index is 12.9. The van der Waals surface area contributed by atoms with Crippen molar-refractivity contribution in [1.29, 1.82) is 0 Å². The molecule has 3 nitrogen and oxygen atoms in total. The first kappa shape index (κ1) is 14.4. The normalized spacial score (nSPS) is 25.7. The Labute approximate surface area is 114 Å². The van der Waals surface area contributed by atoms with Crippen LogP contribution in [0.15, 0.2) is 24.3 Å².